The Labute approximate surface area is 90.4 Å². The van der Waals surface area contributed by atoms with Crippen molar-refractivity contribution in [2.24, 2.45) is 0 Å². The van der Waals surface area contributed by atoms with Gasteiger partial charge in [-0.3, -0.25) is 9.78 Å². The summed E-state index contributed by atoms with van der Waals surface area (Å²) in [5, 5.41) is 9.57. The fourth-order valence-corrected chi connectivity index (χ4v) is 1.32. The number of hydrogen-bond acceptors (Lipinski definition) is 6. The molecule has 2 aromatic heterocycles. The third-order valence-corrected chi connectivity index (χ3v) is 2.18. The van der Waals surface area contributed by atoms with Gasteiger partial charge in [-0.05, 0) is 6.42 Å². The Morgan fingerprint density at radius 1 is 1.56 bits per heavy atom. The first-order chi connectivity index (χ1) is 7.61. The highest BCUT2D eigenvalue weighted by Crippen LogP contribution is 2.13. The number of aromatic nitrogens is 4. The molecule has 0 spiro atoms. The maximum absolute atomic E-state index is 11.5. The number of H-pyrrole nitrogens is 1. The van der Waals surface area contributed by atoms with Crippen LogP contribution in [0.4, 0.5) is 5.95 Å². The molecule has 0 radical (unpaired) electrons. The third kappa shape index (κ3) is 1.72. The molecule has 0 aliphatic carbocycles. The van der Waals surface area contributed by atoms with Gasteiger partial charge < -0.3 is 10.8 Å². The summed E-state index contributed by atoms with van der Waals surface area (Å²) in [6, 6.07) is 0. The molecule has 2 heterocycles. The predicted octanol–water partition coefficient (Wildman–Crippen LogP) is -0.261. The Morgan fingerprint density at radius 3 is 3.00 bits per heavy atom. The van der Waals surface area contributed by atoms with E-state index in [4.69, 9.17) is 5.73 Å². The molecule has 0 amide bonds. The van der Waals surface area contributed by atoms with E-state index in [9.17, 15) is 9.90 Å². The van der Waals surface area contributed by atoms with E-state index in [0.717, 1.165) is 0 Å². The van der Waals surface area contributed by atoms with Crippen LogP contribution in [0.1, 0.15) is 25.1 Å². The van der Waals surface area contributed by atoms with Gasteiger partial charge in [-0.15, -0.1) is 0 Å². The maximum Gasteiger partial charge on any atom is 0.280 e. The summed E-state index contributed by atoms with van der Waals surface area (Å²) in [6.45, 7) is 1.81. The number of nitrogens with two attached hydrogens (primary N) is 1. The van der Waals surface area contributed by atoms with Gasteiger partial charge in [-0.25, -0.2) is 9.97 Å². The number of fused-ring (bicyclic) bond motifs is 1. The van der Waals surface area contributed by atoms with Gasteiger partial charge >= 0.3 is 0 Å². The molecule has 0 aromatic carbocycles. The molecule has 84 valence electrons. The molecule has 0 bridgehead atoms. The molecule has 0 fully saturated rings. The van der Waals surface area contributed by atoms with Crippen molar-refractivity contribution in [1.82, 2.24) is 19.9 Å². The van der Waals surface area contributed by atoms with Gasteiger partial charge in [0.25, 0.3) is 5.56 Å². The molecule has 1 unspecified atom stereocenters. The molecule has 2 aromatic rings. The first-order valence-electron chi connectivity index (χ1n) is 4.82. The Morgan fingerprint density at radius 2 is 2.31 bits per heavy atom. The maximum atomic E-state index is 11.5. The first-order valence-corrected chi connectivity index (χ1v) is 4.82. The summed E-state index contributed by atoms with van der Waals surface area (Å²) >= 11 is 0. The van der Waals surface area contributed by atoms with Crippen LogP contribution in [0.25, 0.3) is 11.2 Å². The van der Waals surface area contributed by atoms with Gasteiger partial charge in [-0.2, -0.15) is 4.98 Å². The average molecular weight is 221 g/mol. The third-order valence-electron chi connectivity index (χ3n) is 2.18. The quantitative estimate of drug-likeness (QED) is 0.643. The number of nitrogens with one attached hydrogen (secondary N) is 1. The van der Waals surface area contributed by atoms with Crippen LogP contribution in [0.5, 0.6) is 0 Å². The zero-order chi connectivity index (χ0) is 11.7. The summed E-state index contributed by atoms with van der Waals surface area (Å²) in [5.41, 5.74) is 5.52. The molecule has 0 aliphatic rings. The van der Waals surface area contributed by atoms with E-state index in [1.165, 1.54) is 6.20 Å². The first kappa shape index (κ1) is 10.5. The van der Waals surface area contributed by atoms with Crippen molar-refractivity contribution in [2.75, 3.05) is 5.73 Å². The SMILES string of the molecule is CCC(O)c1cnc2nc(N)[nH]c(=O)c2n1. The molecular weight excluding hydrogens is 210 g/mol. The van der Waals surface area contributed by atoms with Gasteiger partial charge in [0.05, 0.1) is 18.0 Å². The molecule has 0 saturated heterocycles. The number of hydrogen-bond donors (Lipinski definition) is 3. The number of aliphatic hydroxyl groups is 1. The van der Waals surface area contributed by atoms with E-state index >= 15 is 0 Å². The lowest BCUT2D eigenvalue weighted by Gasteiger charge is -2.06. The summed E-state index contributed by atoms with van der Waals surface area (Å²) < 4.78 is 0. The highest BCUT2D eigenvalue weighted by Gasteiger charge is 2.11. The van der Waals surface area contributed by atoms with Crippen LogP contribution < -0.4 is 11.3 Å². The monoisotopic (exact) mass is 221 g/mol. The fourth-order valence-electron chi connectivity index (χ4n) is 1.32. The van der Waals surface area contributed by atoms with Crippen LogP contribution in [0.15, 0.2) is 11.0 Å². The zero-order valence-corrected chi connectivity index (χ0v) is 8.64. The second kappa shape index (κ2) is 3.86. The van der Waals surface area contributed by atoms with Crippen molar-refractivity contribution >= 4 is 17.1 Å². The fraction of sp³-hybridized carbons (Fsp3) is 0.333. The van der Waals surface area contributed by atoms with Gasteiger partial charge in [0.15, 0.2) is 11.2 Å². The minimum atomic E-state index is -0.728. The molecule has 1 atom stereocenters. The number of aliphatic hydroxyl groups excluding tert-OH is 1. The number of rotatable bonds is 2. The number of anilines is 1. The van der Waals surface area contributed by atoms with Gasteiger partial charge in [0.2, 0.25) is 5.95 Å². The molecule has 0 saturated carbocycles. The molecule has 16 heavy (non-hydrogen) atoms. The molecule has 2 rings (SSSR count). The van der Waals surface area contributed by atoms with Crippen molar-refractivity contribution in [3.63, 3.8) is 0 Å². The Hall–Kier alpha value is -2.02. The Balaban J connectivity index is 2.67. The van der Waals surface area contributed by atoms with Crippen LogP contribution in [-0.4, -0.2) is 25.0 Å². The summed E-state index contributed by atoms with van der Waals surface area (Å²) in [6.07, 6.45) is 1.16. The summed E-state index contributed by atoms with van der Waals surface area (Å²) in [5.74, 6) is -0.00408. The molecule has 7 nitrogen and oxygen atoms in total. The predicted molar refractivity (Wildman–Crippen MR) is 57.6 cm³/mol. The van der Waals surface area contributed by atoms with Crippen LogP contribution >= 0.6 is 0 Å². The second-order valence-electron chi connectivity index (χ2n) is 3.34. The van der Waals surface area contributed by atoms with Crippen molar-refractivity contribution < 1.29 is 5.11 Å². The minimum Gasteiger partial charge on any atom is -0.387 e. The van der Waals surface area contributed by atoms with Crippen LogP contribution in [-0.2, 0) is 0 Å². The van der Waals surface area contributed by atoms with E-state index in [1.54, 1.807) is 0 Å². The summed E-state index contributed by atoms with van der Waals surface area (Å²) in [4.78, 5) is 25.6. The largest absolute Gasteiger partial charge is 0.387 e. The lowest BCUT2D eigenvalue weighted by molar-refractivity contribution is 0.169. The lowest BCUT2D eigenvalue weighted by atomic mass is 10.2. The smallest absolute Gasteiger partial charge is 0.280 e. The zero-order valence-electron chi connectivity index (χ0n) is 8.64. The lowest BCUT2D eigenvalue weighted by Crippen LogP contribution is -2.15. The van der Waals surface area contributed by atoms with Crippen molar-refractivity contribution in [3.05, 3.63) is 22.2 Å². The van der Waals surface area contributed by atoms with Crippen LogP contribution in [0.2, 0.25) is 0 Å². The second-order valence-corrected chi connectivity index (χ2v) is 3.34. The number of nitrogens with zero attached hydrogens (tertiary/aromatic N) is 3. The van der Waals surface area contributed by atoms with Gasteiger partial charge in [0, 0.05) is 0 Å². The Bertz CT molecular complexity index is 580. The molecule has 0 aliphatic heterocycles. The number of aromatic amines is 1. The molecular formula is C9H11N5O2. The van der Waals surface area contributed by atoms with E-state index in [0.29, 0.717) is 12.1 Å². The van der Waals surface area contributed by atoms with Crippen LogP contribution in [0.3, 0.4) is 0 Å². The van der Waals surface area contributed by atoms with Gasteiger partial charge in [0.1, 0.15) is 0 Å². The normalized spacial score (nSPS) is 12.9. The molecule has 4 N–H and O–H groups in total. The van der Waals surface area contributed by atoms with E-state index in [-0.39, 0.29) is 17.1 Å². The highest BCUT2D eigenvalue weighted by atomic mass is 16.3. The number of nitrogen functional groups attached to an aromatic ring is 1. The topological polar surface area (TPSA) is 118 Å². The Kier molecular flexibility index (Phi) is 2.53. The summed E-state index contributed by atoms with van der Waals surface area (Å²) in [7, 11) is 0. The van der Waals surface area contributed by atoms with Crippen molar-refractivity contribution in [1.29, 1.82) is 0 Å². The van der Waals surface area contributed by atoms with E-state index in [1.807, 2.05) is 6.92 Å². The standard InChI is InChI=1S/C9H11N5O2/c1-2-5(15)4-3-11-7-6(12-4)8(16)14-9(10)13-7/h3,5,15H,2H2,1H3,(H3,10,11,13,14,16). The van der Waals surface area contributed by atoms with Gasteiger partial charge in [-0.1, -0.05) is 6.92 Å². The highest BCUT2D eigenvalue weighted by molar-refractivity contribution is 5.69. The average Bonchev–Trinajstić information content (AvgIpc) is 2.27. The van der Waals surface area contributed by atoms with Crippen LogP contribution in [0, 0.1) is 0 Å². The molecule has 7 heteroatoms. The van der Waals surface area contributed by atoms with Crippen molar-refractivity contribution in [3.8, 4) is 0 Å². The van der Waals surface area contributed by atoms with E-state index in [2.05, 4.69) is 19.9 Å². The van der Waals surface area contributed by atoms with E-state index < -0.39 is 11.7 Å². The van der Waals surface area contributed by atoms with Crippen molar-refractivity contribution in [2.45, 2.75) is 19.4 Å². The minimum absolute atomic E-state index is 0.00408.